The normalized spacial score (nSPS) is 13.6. The van der Waals surface area contributed by atoms with Gasteiger partial charge in [0.2, 0.25) is 11.8 Å². The van der Waals surface area contributed by atoms with E-state index in [2.05, 4.69) is 10.6 Å². The molecule has 2 rings (SSSR count). The summed E-state index contributed by atoms with van der Waals surface area (Å²) >= 11 is 0. The molecule has 172 valence electrons. The number of carbonyl (C=O) groups excluding carboxylic acids is 2. The van der Waals surface area contributed by atoms with E-state index < -0.39 is 35.9 Å². The summed E-state index contributed by atoms with van der Waals surface area (Å²) in [5.41, 5.74) is 13.1. The SMILES string of the molecule is NCCCC[C@H](N)C(=O)N[C@@H](Cc1ccccc1)C(=O)N[C@H](Cc1ccccc1)C(=O)O. The summed E-state index contributed by atoms with van der Waals surface area (Å²) in [5, 5.41) is 14.9. The van der Waals surface area contributed by atoms with Crippen LogP contribution < -0.4 is 22.1 Å². The number of nitrogens with two attached hydrogens (primary N) is 2. The average molecular weight is 441 g/mol. The molecule has 3 atom stereocenters. The van der Waals surface area contributed by atoms with Crippen LogP contribution in [0.2, 0.25) is 0 Å². The number of rotatable bonds is 13. The number of unbranched alkanes of at least 4 members (excludes halogenated alkanes) is 1. The molecule has 0 aliphatic heterocycles. The van der Waals surface area contributed by atoms with Gasteiger partial charge in [0.25, 0.3) is 0 Å². The lowest BCUT2D eigenvalue weighted by Crippen LogP contribution is -2.55. The third kappa shape index (κ3) is 8.49. The van der Waals surface area contributed by atoms with Gasteiger partial charge in [0.1, 0.15) is 12.1 Å². The Morgan fingerprint density at radius 2 is 1.28 bits per heavy atom. The zero-order valence-electron chi connectivity index (χ0n) is 18.1. The Morgan fingerprint density at radius 1 is 0.781 bits per heavy atom. The molecule has 0 aliphatic carbocycles. The first-order chi connectivity index (χ1) is 15.4. The number of carbonyl (C=O) groups is 3. The summed E-state index contributed by atoms with van der Waals surface area (Å²) in [6.07, 6.45) is 2.26. The Bertz CT molecular complexity index is 861. The van der Waals surface area contributed by atoms with E-state index >= 15 is 0 Å². The second kappa shape index (κ2) is 13.2. The van der Waals surface area contributed by atoms with E-state index in [1.807, 2.05) is 36.4 Å². The van der Waals surface area contributed by atoms with Crippen molar-refractivity contribution in [3.63, 3.8) is 0 Å². The van der Waals surface area contributed by atoms with Crippen LogP contribution in [0.3, 0.4) is 0 Å². The average Bonchev–Trinajstić information content (AvgIpc) is 2.79. The van der Waals surface area contributed by atoms with Crippen LogP contribution in [0.4, 0.5) is 0 Å². The van der Waals surface area contributed by atoms with Gasteiger partial charge in [-0.1, -0.05) is 67.1 Å². The fourth-order valence-corrected chi connectivity index (χ4v) is 3.30. The third-order valence-electron chi connectivity index (χ3n) is 5.12. The monoisotopic (exact) mass is 440 g/mol. The number of aliphatic carboxylic acids is 1. The molecule has 7 N–H and O–H groups in total. The standard InChI is InChI=1S/C24H32N4O4/c25-14-8-7-13-19(26)22(29)27-20(15-17-9-3-1-4-10-17)23(30)28-21(24(31)32)16-18-11-5-2-6-12-18/h1-6,9-12,19-21H,7-8,13-16,25-26H2,(H,27,29)(H,28,30)(H,31,32)/t19-,20-,21+/m0/s1. The lowest BCUT2D eigenvalue weighted by Gasteiger charge is -2.23. The summed E-state index contributed by atoms with van der Waals surface area (Å²) in [4.78, 5) is 37.4. The topological polar surface area (TPSA) is 148 Å². The fraction of sp³-hybridized carbons (Fsp3) is 0.375. The summed E-state index contributed by atoms with van der Waals surface area (Å²) in [6.45, 7) is 0.519. The molecule has 2 aromatic rings. The molecular formula is C24H32N4O4. The third-order valence-corrected chi connectivity index (χ3v) is 5.12. The van der Waals surface area contributed by atoms with Gasteiger partial charge >= 0.3 is 5.97 Å². The van der Waals surface area contributed by atoms with Crippen molar-refractivity contribution in [2.24, 2.45) is 11.5 Å². The molecule has 0 fully saturated rings. The van der Waals surface area contributed by atoms with Gasteiger partial charge in [-0.15, -0.1) is 0 Å². The van der Waals surface area contributed by atoms with Gasteiger partial charge in [-0.05, 0) is 30.5 Å². The van der Waals surface area contributed by atoms with Crippen LogP contribution in [0.25, 0.3) is 0 Å². The Morgan fingerprint density at radius 3 is 1.78 bits per heavy atom. The van der Waals surface area contributed by atoms with Gasteiger partial charge < -0.3 is 27.2 Å². The zero-order valence-corrected chi connectivity index (χ0v) is 18.1. The van der Waals surface area contributed by atoms with E-state index in [9.17, 15) is 19.5 Å². The van der Waals surface area contributed by atoms with Gasteiger partial charge in [0, 0.05) is 12.8 Å². The number of carboxylic acids is 1. The Hall–Kier alpha value is -3.23. The number of benzene rings is 2. The largest absolute Gasteiger partial charge is 0.480 e. The van der Waals surface area contributed by atoms with Crippen LogP contribution in [-0.4, -0.2) is 47.6 Å². The maximum Gasteiger partial charge on any atom is 0.326 e. The first kappa shape index (κ1) is 25.0. The first-order valence-electron chi connectivity index (χ1n) is 10.8. The molecule has 2 aromatic carbocycles. The minimum absolute atomic E-state index is 0.131. The summed E-state index contributed by atoms with van der Waals surface area (Å²) in [7, 11) is 0. The van der Waals surface area contributed by atoms with Crippen molar-refractivity contribution in [3.8, 4) is 0 Å². The lowest BCUT2D eigenvalue weighted by atomic mass is 10.0. The Kier molecular flexibility index (Phi) is 10.4. The van der Waals surface area contributed by atoms with E-state index in [0.717, 1.165) is 17.5 Å². The maximum absolute atomic E-state index is 13.0. The van der Waals surface area contributed by atoms with E-state index in [-0.39, 0.29) is 12.8 Å². The molecule has 0 radical (unpaired) electrons. The fourth-order valence-electron chi connectivity index (χ4n) is 3.30. The second-order valence-electron chi connectivity index (χ2n) is 7.73. The summed E-state index contributed by atoms with van der Waals surface area (Å²) in [6, 6.07) is 15.4. The summed E-state index contributed by atoms with van der Waals surface area (Å²) < 4.78 is 0. The van der Waals surface area contributed by atoms with Crippen LogP contribution in [0.5, 0.6) is 0 Å². The molecule has 0 bridgehead atoms. The molecule has 8 nitrogen and oxygen atoms in total. The molecule has 0 saturated heterocycles. The highest BCUT2D eigenvalue weighted by Crippen LogP contribution is 2.08. The van der Waals surface area contributed by atoms with Crippen molar-refractivity contribution >= 4 is 17.8 Å². The lowest BCUT2D eigenvalue weighted by molar-refractivity contribution is -0.142. The van der Waals surface area contributed by atoms with Gasteiger partial charge in [0.05, 0.1) is 6.04 Å². The van der Waals surface area contributed by atoms with E-state index in [1.54, 1.807) is 24.3 Å². The molecule has 2 amide bonds. The number of nitrogens with one attached hydrogen (secondary N) is 2. The molecule has 0 unspecified atom stereocenters. The highest BCUT2D eigenvalue weighted by Gasteiger charge is 2.28. The molecule has 0 heterocycles. The smallest absolute Gasteiger partial charge is 0.326 e. The van der Waals surface area contributed by atoms with Gasteiger partial charge in [0.15, 0.2) is 0 Å². The van der Waals surface area contributed by atoms with Crippen molar-refractivity contribution in [2.75, 3.05) is 6.54 Å². The predicted molar refractivity (Wildman–Crippen MR) is 123 cm³/mol. The van der Waals surface area contributed by atoms with Crippen molar-refractivity contribution < 1.29 is 19.5 Å². The van der Waals surface area contributed by atoms with Crippen LogP contribution >= 0.6 is 0 Å². The molecule has 0 aliphatic rings. The highest BCUT2D eigenvalue weighted by atomic mass is 16.4. The Labute approximate surface area is 188 Å². The van der Waals surface area contributed by atoms with Crippen LogP contribution in [0.1, 0.15) is 30.4 Å². The predicted octanol–water partition coefficient (Wildman–Crippen LogP) is 0.982. The summed E-state index contributed by atoms with van der Waals surface area (Å²) in [5.74, 6) is -2.17. The molecule has 32 heavy (non-hydrogen) atoms. The molecule has 0 aromatic heterocycles. The van der Waals surface area contributed by atoms with Crippen LogP contribution in [0.15, 0.2) is 60.7 Å². The van der Waals surface area contributed by atoms with Gasteiger partial charge in [-0.25, -0.2) is 4.79 Å². The number of hydrogen-bond acceptors (Lipinski definition) is 5. The van der Waals surface area contributed by atoms with Crippen LogP contribution in [0, 0.1) is 0 Å². The molecule has 0 saturated carbocycles. The number of carboxylic acid groups (broad SMARTS) is 1. The second-order valence-corrected chi connectivity index (χ2v) is 7.73. The van der Waals surface area contributed by atoms with Gasteiger partial charge in [-0.3, -0.25) is 9.59 Å². The molecular weight excluding hydrogens is 408 g/mol. The van der Waals surface area contributed by atoms with Crippen molar-refractivity contribution in [2.45, 2.75) is 50.2 Å². The van der Waals surface area contributed by atoms with Gasteiger partial charge in [-0.2, -0.15) is 0 Å². The first-order valence-corrected chi connectivity index (χ1v) is 10.8. The van der Waals surface area contributed by atoms with Crippen LogP contribution in [-0.2, 0) is 27.2 Å². The molecule has 0 spiro atoms. The van der Waals surface area contributed by atoms with Crippen molar-refractivity contribution in [1.29, 1.82) is 0 Å². The maximum atomic E-state index is 13.0. The zero-order chi connectivity index (χ0) is 23.3. The number of amides is 2. The van der Waals surface area contributed by atoms with E-state index in [0.29, 0.717) is 19.4 Å². The molecule has 8 heteroatoms. The van der Waals surface area contributed by atoms with Crippen molar-refractivity contribution in [3.05, 3.63) is 71.8 Å². The minimum atomic E-state index is -1.15. The minimum Gasteiger partial charge on any atom is -0.480 e. The van der Waals surface area contributed by atoms with E-state index in [4.69, 9.17) is 11.5 Å². The van der Waals surface area contributed by atoms with E-state index in [1.165, 1.54) is 0 Å². The number of hydrogen-bond donors (Lipinski definition) is 5. The quantitative estimate of drug-likeness (QED) is 0.293. The van der Waals surface area contributed by atoms with Crippen molar-refractivity contribution in [1.82, 2.24) is 10.6 Å². The Balaban J connectivity index is 2.11. The highest BCUT2D eigenvalue weighted by molar-refractivity contribution is 5.92.